The van der Waals surface area contributed by atoms with Gasteiger partial charge in [-0.25, -0.2) is 0 Å². The minimum Gasteiger partial charge on any atom is -0.469 e. The molecule has 0 N–H and O–H groups in total. The molecule has 4 nitrogen and oxygen atoms in total. The van der Waals surface area contributed by atoms with Gasteiger partial charge in [0.25, 0.3) is 5.91 Å². The smallest absolute Gasteiger partial charge is 0.310 e. The van der Waals surface area contributed by atoms with Gasteiger partial charge in [-0.05, 0) is 41.1 Å². The second-order valence-corrected chi connectivity index (χ2v) is 6.43. The van der Waals surface area contributed by atoms with Crippen molar-refractivity contribution < 1.29 is 14.3 Å². The number of carbonyl (C=O) groups excluding carboxylic acids is 2. The molecule has 1 aromatic rings. The molecule has 7 heteroatoms. The number of esters is 1. The first-order valence-corrected chi connectivity index (χ1v) is 7.79. The highest BCUT2D eigenvalue weighted by Gasteiger charge is 2.33. The molecule has 1 aliphatic heterocycles. The maximum atomic E-state index is 12.5. The molecule has 0 bridgehead atoms. The van der Waals surface area contributed by atoms with Crippen LogP contribution in [-0.2, 0) is 9.53 Å². The third-order valence-corrected chi connectivity index (χ3v) is 5.23. The Bertz CT molecular complexity index is 565. The maximum Gasteiger partial charge on any atom is 0.310 e. The summed E-state index contributed by atoms with van der Waals surface area (Å²) in [4.78, 5) is 25.6. The van der Waals surface area contributed by atoms with Gasteiger partial charge in [0.05, 0.1) is 23.6 Å². The third kappa shape index (κ3) is 3.20. The number of benzene rings is 1. The average Bonchev–Trinajstić information content (AvgIpc) is 2.90. The van der Waals surface area contributed by atoms with E-state index in [2.05, 4.69) is 0 Å². The zero-order valence-corrected chi connectivity index (χ0v) is 14.3. The largest absolute Gasteiger partial charge is 0.469 e. The molecule has 0 aliphatic carbocycles. The zero-order chi connectivity index (χ0) is 14.9. The molecule has 1 unspecified atom stereocenters. The Labute approximate surface area is 140 Å². The van der Waals surface area contributed by atoms with Crippen LogP contribution in [0.2, 0.25) is 10.0 Å². The van der Waals surface area contributed by atoms with Gasteiger partial charge >= 0.3 is 5.97 Å². The standard InChI is InChI=1S/C13H12Cl2INO3/c1-20-13(19)7-2-3-17(6-7)12(18)9-4-8(14)5-10(15)11(9)16/h4-5,7H,2-3,6H2,1H3. The quantitative estimate of drug-likeness (QED) is 0.413. The molecule has 108 valence electrons. The van der Waals surface area contributed by atoms with Crippen LogP contribution in [0.15, 0.2) is 12.1 Å². The van der Waals surface area contributed by atoms with E-state index in [9.17, 15) is 9.59 Å². The Hall–Kier alpha value is -0.530. The highest BCUT2D eigenvalue weighted by molar-refractivity contribution is 14.1. The molecular formula is C13H12Cl2INO3. The molecule has 1 aliphatic rings. The van der Waals surface area contributed by atoms with Crippen molar-refractivity contribution >= 4 is 57.7 Å². The first-order valence-electron chi connectivity index (χ1n) is 5.95. The van der Waals surface area contributed by atoms with Crippen molar-refractivity contribution in [1.29, 1.82) is 0 Å². The van der Waals surface area contributed by atoms with Crippen LogP contribution in [0.3, 0.4) is 0 Å². The predicted molar refractivity (Wildman–Crippen MR) is 85.2 cm³/mol. The second-order valence-electron chi connectivity index (χ2n) is 4.51. The van der Waals surface area contributed by atoms with Crippen molar-refractivity contribution in [1.82, 2.24) is 4.90 Å². The Balaban J connectivity index is 2.19. The lowest BCUT2D eigenvalue weighted by Crippen LogP contribution is -2.30. The molecule has 20 heavy (non-hydrogen) atoms. The van der Waals surface area contributed by atoms with E-state index in [1.54, 1.807) is 17.0 Å². The topological polar surface area (TPSA) is 46.6 Å². The van der Waals surface area contributed by atoms with Crippen molar-refractivity contribution in [2.45, 2.75) is 6.42 Å². The summed E-state index contributed by atoms with van der Waals surface area (Å²) >= 11 is 14.0. The van der Waals surface area contributed by atoms with Crippen LogP contribution in [0, 0.1) is 9.49 Å². The Kier molecular flexibility index (Phi) is 5.14. The minimum absolute atomic E-state index is 0.162. The molecule has 1 aromatic carbocycles. The molecule has 2 rings (SSSR count). The summed E-state index contributed by atoms with van der Waals surface area (Å²) in [6.07, 6.45) is 0.614. The highest BCUT2D eigenvalue weighted by Crippen LogP contribution is 2.29. The number of ether oxygens (including phenoxy) is 1. The van der Waals surface area contributed by atoms with Crippen molar-refractivity contribution in [2.75, 3.05) is 20.2 Å². The molecule has 0 spiro atoms. The second kappa shape index (κ2) is 6.49. The molecule has 1 saturated heterocycles. The summed E-state index contributed by atoms with van der Waals surface area (Å²) in [5, 5.41) is 0.868. The van der Waals surface area contributed by atoms with Crippen LogP contribution in [0.1, 0.15) is 16.8 Å². The summed E-state index contributed by atoms with van der Waals surface area (Å²) in [7, 11) is 1.35. The van der Waals surface area contributed by atoms with E-state index >= 15 is 0 Å². The van der Waals surface area contributed by atoms with Crippen LogP contribution in [0.5, 0.6) is 0 Å². The summed E-state index contributed by atoms with van der Waals surface area (Å²) in [5.74, 6) is -0.694. The van der Waals surface area contributed by atoms with Gasteiger partial charge in [0.1, 0.15) is 0 Å². The number of hydrogen-bond donors (Lipinski definition) is 0. The number of likely N-dealkylation sites (tertiary alicyclic amines) is 1. The molecule has 1 heterocycles. The summed E-state index contributed by atoms with van der Waals surface area (Å²) in [6.45, 7) is 0.893. The van der Waals surface area contributed by atoms with Gasteiger partial charge < -0.3 is 9.64 Å². The number of carbonyl (C=O) groups is 2. The van der Waals surface area contributed by atoms with Crippen molar-refractivity contribution in [2.24, 2.45) is 5.92 Å². The van der Waals surface area contributed by atoms with E-state index in [-0.39, 0.29) is 17.8 Å². The zero-order valence-electron chi connectivity index (χ0n) is 10.7. The van der Waals surface area contributed by atoms with Crippen LogP contribution < -0.4 is 0 Å². The lowest BCUT2D eigenvalue weighted by molar-refractivity contribution is -0.144. The van der Waals surface area contributed by atoms with E-state index in [4.69, 9.17) is 27.9 Å². The van der Waals surface area contributed by atoms with Gasteiger partial charge in [-0.3, -0.25) is 9.59 Å². The van der Waals surface area contributed by atoms with E-state index in [1.807, 2.05) is 22.6 Å². The average molecular weight is 428 g/mol. The molecule has 1 atom stereocenters. The first-order chi connectivity index (χ1) is 9.43. The third-order valence-electron chi connectivity index (χ3n) is 3.23. The lowest BCUT2D eigenvalue weighted by Gasteiger charge is -2.17. The summed E-state index contributed by atoms with van der Waals surface area (Å²) < 4.78 is 5.38. The number of hydrogen-bond acceptors (Lipinski definition) is 3. The number of amides is 1. The fraction of sp³-hybridized carbons (Fsp3) is 0.385. The fourth-order valence-electron chi connectivity index (χ4n) is 2.19. The lowest BCUT2D eigenvalue weighted by atomic mass is 10.1. The molecule has 0 saturated carbocycles. The van der Waals surface area contributed by atoms with Crippen LogP contribution in [-0.4, -0.2) is 37.0 Å². The van der Waals surface area contributed by atoms with Crippen molar-refractivity contribution in [3.8, 4) is 0 Å². The molecule has 0 radical (unpaired) electrons. The van der Waals surface area contributed by atoms with E-state index in [0.717, 1.165) is 0 Å². The fourth-order valence-corrected chi connectivity index (χ4v) is 3.22. The number of nitrogens with zero attached hydrogens (tertiary/aromatic N) is 1. The number of methoxy groups -OCH3 is 1. The van der Waals surface area contributed by atoms with Gasteiger partial charge in [-0.15, -0.1) is 0 Å². The van der Waals surface area contributed by atoms with Crippen LogP contribution in [0.25, 0.3) is 0 Å². The Morgan fingerprint density at radius 1 is 1.40 bits per heavy atom. The Morgan fingerprint density at radius 2 is 2.10 bits per heavy atom. The predicted octanol–water partition coefficient (Wildman–Crippen LogP) is 3.23. The van der Waals surface area contributed by atoms with Gasteiger partial charge in [0.2, 0.25) is 0 Å². The van der Waals surface area contributed by atoms with Gasteiger partial charge in [0, 0.05) is 21.7 Å². The van der Waals surface area contributed by atoms with Crippen molar-refractivity contribution in [3.63, 3.8) is 0 Å². The first kappa shape index (κ1) is 15.9. The van der Waals surface area contributed by atoms with Gasteiger partial charge in [-0.2, -0.15) is 0 Å². The maximum absolute atomic E-state index is 12.5. The minimum atomic E-state index is -0.279. The highest BCUT2D eigenvalue weighted by atomic mass is 127. The number of rotatable bonds is 2. The van der Waals surface area contributed by atoms with E-state index < -0.39 is 0 Å². The van der Waals surface area contributed by atoms with E-state index in [0.29, 0.717) is 38.7 Å². The molecular weight excluding hydrogens is 416 g/mol. The summed E-state index contributed by atoms with van der Waals surface area (Å²) in [5.41, 5.74) is 0.466. The number of halogens is 3. The molecule has 0 aromatic heterocycles. The van der Waals surface area contributed by atoms with E-state index in [1.165, 1.54) is 7.11 Å². The molecule has 1 amide bonds. The van der Waals surface area contributed by atoms with Gasteiger partial charge in [0.15, 0.2) is 0 Å². The normalized spacial score (nSPS) is 18.2. The summed E-state index contributed by atoms with van der Waals surface area (Å²) in [6, 6.07) is 3.20. The van der Waals surface area contributed by atoms with Crippen molar-refractivity contribution in [3.05, 3.63) is 31.3 Å². The molecule has 1 fully saturated rings. The van der Waals surface area contributed by atoms with Gasteiger partial charge in [-0.1, -0.05) is 23.2 Å². The Morgan fingerprint density at radius 3 is 2.75 bits per heavy atom. The monoisotopic (exact) mass is 427 g/mol. The van der Waals surface area contributed by atoms with Crippen LogP contribution >= 0.6 is 45.8 Å². The SMILES string of the molecule is COC(=O)C1CCN(C(=O)c2cc(Cl)cc(Cl)c2I)C1. The van der Waals surface area contributed by atoms with Crippen LogP contribution in [0.4, 0.5) is 0 Å².